The van der Waals surface area contributed by atoms with Crippen molar-refractivity contribution in [3.05, 3.63) is 59.1 Å². The van der Waals surface area contributed by atoms with Gasteiger partial charge >= 0.3 is 0 Å². The average Bonchev–Trinajstić information content (AvgIpc) is 3.20. The summed E-state index contributed by atoms with van der Waals surface area (Å²) in [7, 11) is -3.87. The Hall–Kier alpha value is -2.33. The van der Waals surface area contributed by atoms with Gasteiger partial charge in [0.1, 0.15) is 5.75 Å². The molecule has 0 spiro atoms. The summed E-state index contributed by atoms with van der Waals surface area (Å²) < 4.78 is 33.5. The fraction of sp³-hybridized carbons (Fsp3) is 0.316. The predicted octanol–water partition coefficient (Wildman–Crippen LogP) is 1.85. The van der Waals surface area contributed by atoms with Crippen molar-refractivity contribution in [1.29, 1.82) is 0 Å². The van der Waals surface area contributed by atoms with Crippen LogP contribution in [0.3, 0.4) is 0 Å². The van der Waals surface area contributed by atoms with Crippen molar-refractivity contribution in [2.45, 2.75) is 18.8 Å². The molecule has 1 amide bonds. The Bertz CT molecular complexity index is 953. The monoisotopic (exact) mass is 438 g/mol. The molecule has 8 nitrogen and oxygen atoms in total. The number of anilines is 1. The number of rotatable bonds is 8. The van der Waals surface area contributed by atoms with E-state index in [1.807, 2.05) is 13.0 Å². The lowest BCUT2D eigenvalue weighted by Crippen LogP contribution is -2.46. The Morgan fingerprint density at radius 2 is 1.93 bits per heavy atom. The maximum Gasteiger partial charge on any atom is 0.250 e. The quantitative estimate of drug-likeness (QED) is 0.501. The zero-order valence-electron chi connectivity index (χ0n) is 15.8. The summed E-state index contributed by atoms with van der Waals surface area (Å²) in [5.74, 6) is -0.546. The summed E-state index contributed by atoms with van der Waals surface area (Å²) >= 11 is 6.10. The number of hydrogen-bond donors (Lipinski definition) is 4. The Morgan fingerprint density at radius 1 is 1.21 bits per heavy atom. The van der Waals surface area contributed by atoms with Crippen molar-refractivity contribution in [3.8, 4) is 5.75 Å². The van der Waals surface area contributed by atoms with Gasteiger partial charge in [0.2, 0.25) is 5.91 Å². The molecule has 2 atom stereocenters. The minimum absolute atomic E-state index is 0.184. The maximum atomic E-state index is 12.8. The molecule has 4 N–H and O–H groups in total. The van der Waals surface area contributed by atoms with Crippen LogP contribution in [0.5, 0.6) is 5.75 Å². The number of benzene rings is 2. The summed E-state index contributed by atoms with van der Waals surface area (Å²) in [6.45, 7) is 2.79. The van der Waals surface area contributed by atoms with Gasteiger partial charge < -0.3 is 10.1 Å². The van der Waals surface area contributed by atoms with Crippen LogP contribution >= 0.6 is 11.6 Å². The number of hydrazine groups is 1. The van der Waals surface area contributed by atoms with Gasteiger partial charge in [-0.3, -0.25) is 14.9 Å². The van der Waals surface area contributed by atoms with Gasteiger partial charge in [0.15, 0.2) is 5.37 Å². The van der Waals surface area contributed by atoms with Crippen molar-refractivity contribution in [2.75, 3.05) is 17.9 Å². The average molecular weight is 439 g/mol. The standard InChI is InChI=1S/C19H23ClN4O4S/c1-2-28-15-9-7-14(8-10-15)24-29(26,27)19-16(12-22-23-19)18(25)21-11-13-5-3-4-6-17(13)20/h3-10,16,19,22-24H,2,11-12H2,1H3,(H,21,25). The maximum absolute atomic E-state index is 12.8. The van der Waals surface area contributed by atoms with Crippen molar-refractivity contribution in [1.82, 2.24) is 16.2 Å². The van der Waals surface area contributed by atoms with Crippen LogP contribution in [0, 0.1) is 5.92 Å². The highest BCUT2D eigenvalue weighted by Gasteiger charge is 2.41. The predicted molar refractivity (Wildman–Crippen MR) is 112 cm³/mol. The van der Waals surface area contributed by atoms with Gasteiger partial charge in [-0.1, -0.05) is 29.8 Å². The lowest BCUT2D eigenvalue weighted by molar-refractivity contribution is -0.124. The van der Waals surface area contributed by atoms with E-state index in [4.69, 9.17) is 16.3 Å². The molecule has 3 rings (SSSR count). The first-order valence-electron chi connectivity index (χ1n) is 9.14. The highest BCUT2D eigenvalue weighted by molar-refractivity contribution is 7.93. The first kappa shape index (κ1) is 21.4. The van der Waals surface area contributed by atoms with E-state index >= 15 is 0 Å². The van der Waals surface area contributed by atoms with Crippen molar-refractivity contribution in [3.63, 3.8) is 0 Å². The number of hydrogen-bond acceptors (Lipinski definition) is 6. The third kappa shape index (κ3) is 5.39. The van der Waals surface area contributed by atoms with Gasteiger partial charge in [-0.2, -0.15) is 0 Å². The van der Waals surface area contributed by atoms with E-state index in [1.54, 1.807) is 42.5 Å². The van der Waals surface area contributed by atoms with Gasteiger partial charge in [0.25, 0.3) is 10.0 Å². The van der Waals surface area contributed by atoms with Crippen LogP contribution in [0.2, 0.25) is 5.02 Å². The highest BCUT2D eigenvalue weighted by atomic mass is 35.5. The summed E-state index contributed by atoms with van der Waals surface area (Å²) in [5.41, 5.74) is 6.58. The van der Waals surface area contributed by atoms with Gasteiger partial charge in [-0.25, -0.2) is 13.8 Å². The molecule has 0 bridgehead atoms. The number of carbonyl (C=O) groups excluding carboxylic acids is 1. The fourth-order valence-corrected chi connectivity index (χ4v) is 4.65. The molecular formula is C19H23ClN4O4S. The second kappa shape index (κ2) is 9.45. The van der Waals surface area contributed by atoms with Gasteiger partial charge in [-0.05, 0) is 42.8 Å². The molecule has 2 aromatic rings. The zero-order chi connectivity index (χ0) is 20.9. The first-order chi connectivity index (χ1) is 13.9. The Labute approximate surface area is 175 Å². The van der Waals surface area contributed by atoms with Gasteiger partial charge in [0, 0.05) is 23.8 Å². The summed E-state index contributed by atoms with van der Waals surface area (Å²) in [6.07, 6.45) is 0. The van der Waals surface area contributed by atoms with E-state index in [9.17, 15) is 13.2 Å². The van der Waals surface area contributed by atoms with Crippen molar-refractivity contribution < 1.29 is 17.9 Å². The first-order valence-corrected chi connectivity index (χ1v) is 11.1. The molecule has 29 heavy (non-hydrogen) atoms. The summed E-state index contributed by atoms with van der Waals surface area (Å²) in [4.78, 5) is 12.6. The zero-order valence-corrected chi connectivity index (χ0v) is 17.4. The molecule has 1 fully saturated rings. The fourth-order valence-electron chi connectivity index (χ4n) is 2.97. The molecule has 0 aliphatic carbocycles. The largest absolute Gasteiger partial charge is 0.494 e. The summed E-state index contributed by atoms with van der Waals surface area (Å²) in [5, 5.41) is 2.17. The minimum Gasteiger partial charge on any atom is -0.494 e. The Morgan fingerprint density at radius 3 is 2.62 bits per heavy atom. The Kier molecular flexibility index (Phi) is 6.96. The molecule has 0 radical (unpaired) electrons. The molecule has 1 saturated heterocycles. The van der Waals surface area contributed by atoms with Crippen molar-refractivity contribution in [2.24, 2.45) is 5.92 Å². The van der Waals surface area contributed by atoms with Crippen LogP contribution in [0.25, 0.3) is 0 Å². The molecule has 1 aliphatic heterocycles. The number of sulfonamides is 1. The SMILES string of the molecule is CCOc1ccc(NS(=O)(=O)C2NNCC2C(=O)NCc2ccccc2Cl)cc1. The molecule has 156 valence electrons. The van der Waals surface area contributed by atoms with E-state index in [0.29, 0.717) is 23.1 Å². The second-order valence-electron chi connectivity index (χ2n) is 6.47. The smallest absolute Gasteiger partial charge is 0.250 e. The third-order valence-electron chi connectivity index (χ3n) is 4.44. The van der Waals surface area contributed by atoms with E-state index in [2.05, 4.69) is 20.9 Å². The van der Waals surface area contributed by atoms with E-state index in [1.165, 1.54) is 0 Å². The van der Waals surface area contributed by atoms with E-state index in [0.717, 1.165) is 5.56 Å². The van der Waals surface area contributed by atoms with Crippen LogP contribution in [-0.4, -0.2) is 32.9 Å². The van der Waals surface area contributed by atoms with Crippen LogP contribution in [0.4, 0.5) is 5.69 Å². The van der Waals surface area contributed by atoms with Gasteiger partial charge in [0.05, 0.1) is 12.5 Å². The lowest BCUT2D eigenvalue weighted by atomic mass is 10.1. The number of nitrogens with one attached hydrogen (secondary N) is 4. The number of amides is 1. The normalized spacial score (nSPS) is 19.0. The summed E-state index contributed by atoms with van der Waals surface area (Å²) in [6, 6.07) is 13.7. The molecule has 2 aromatic carbocycles. The molecule has 10 heteroatoms. The Balaban J connectivity index is 1.65. The van der Waals surface area contributed by atoms with Crippen LogP contribution < -0.4 is 25.6 Å². The minimum atomic E-state index is -3.87. The molecule has 1 heterocycles. The number of ether oxygens (including phenoxy) is 1. The molecule has 0 saturated carbocycles. The lowest BCUT2D eigenvalue weighted by Gasteiger charge is -2.20. The second-order valence-corrected chi connectivity index (χ2v) is 8.68. The topological polar surface area (TPSA) is 109 Å². The highest BCUT2D eigenvalue weighted by Crippen LogP contribution is 2.21. The number of carbonyl (C=O) groups is 1. The van der Waals surface area contributed by atoms with Crippen LogP contribution in [0.1, 0.15) is 12.5 Å². The molecule has 2 unspecified atom stereocenters. The van der Waals surface area contributed by atoms with Crippen molar-refractivity contribution >= 4 is 33.2 Å². The van der Waals surface area contributed by atoms with Gasteiger partial charge in [-0.15, -0.1) is 0 Å². The molecule has 1 aliphatic rings. The van der Waals surface area contributed by atoms with E-state index < -0.39 is 21.3 Å². The molecular weight excluding hydrogens is 416 g/mol. The van der Waals surface area contributed by atoms with E-state index in [-0.39, 0.29) is 19.0 Å². The molecule has 0 aromatic heterocycles. The van der Waals surface area contributed by atoms with Crippen LogP contribution in [-0.2, 0) is 21.4 Å². The number of halogens is 1. The third-order valence-corrected chi connectivity index (χ3v) is 6.44. The van der Waals surface area contributed by atoms with Crippen LogP contribution in [0.15, 0.2) is 48.5 Å².